The van der Waals surface area contributed by atoms with Gasteiger partial charge in [-0.05, 0) is 50.7 Å². The number of nitrogens with zero attached hydrogens (tertiary/aromatic N) is 3. The van der Waals surface area contributed by atoms with Crippen LogP contribution < -0.4 is 4.90 Å². The molecular formula is C15H18ClN3O3S. The van der Waals surface area contributed by atoms with E-state index in [0.29, 0.717) is 11.3 Å². The summed E-state index contributed by atoms with van der Waals surface area (Å²) in [6, 6.07) is 1.58. The van der Waals surface area contributed by atoms with Gasteiger partial charge in [0.25, 0.3) is 0 Å². The molecule has 124 valence electrons. The highest BCUT2D eigenvalue weighted by atomic mass is 35.5. The summed E-state index contributed by atoms with van der Waals surface area (Å²) in [4.78, 5) is 22.3. The van der Waals surface area contributed by atoms with Crippen LogP contribution in [0.2, 0.25) is 5.28 Å². The summed E-state index contributed by atoms with van der Waals surface area (Å²) in [5, 5.41) is 2.00. The number of aromatic nitrogens is 2. The number of thiophene rings is 1. The first kappa shape index (κ1) is 16.4. The van der Waals surface area contributed by atoms with Crippen molar-refractivity contribution in [3.8, 4) is 0 Å². The lowest BCUT2D eigenvalue weighted by Gasteiger charge is -2.31. The van der Waals surface area contributed by atoms with Gasteiger partial charge in [0, 0.05) is 0 Å². The first-order chi connectivity index (χ1) is 10.8. The first-order valence-electron chi connectivity index (χ1n) is 7.31. The summed E-state index contributed by atoms with van der Waals surface area (Å²) in [7, 11) is 0. The lowest BCUT2D eigenvalue weighted by atomic mass is 10.1. The number of cyclic esters (lactones) is 1. The molecule has 0 saturated carbocycles. The zero-order chi connectivity index (χ0) is 16.8. The average Bonchev–Trinajstić information content (AvgIpc) is 3.02. The summed E-state index contributed by atoms with van der Waals surface area (Å²) in [5.41, 5.74) is 0.394. The molecule has 0 aromatic carbocycles. The minimum atomic E-state index is -0.441. The van der Waals surface area contributed by atoms with E-state index in [-0.39, 0.29) is 29.6 Å². The van der Waals surface area contributed by atoms with Crippen molar-refractivity contribution in [3.05, 3.63) is 16.7 Å². The van der Waals surface area contributed by atoms with E-state index in [1.807, 2.05) is 39.1 Å². The topological polar surface area (TPSA) is 64.6 Å². The Kier molecular flexibility index (Phi) is 4.20. The van der Waals surface area contributed by atoms with Crippen molar-refractivity contribution < 1.29 is 14.3 Å². The molecular weight excluding hydrogens is 338 g/mol. The number of hydrogen-bond acceptors (Lipinski definition) is 6. The second kappa shape index (κ2) is 5.89. The maximum atomic E-state index is 12.3. The Labute approximate surface area is 143 Å². The highest BCUT2D eigenvalue weighted by Crippen LogP contribution is 2.34. The van der Waals surface area contributed by atoms with Crippen molar-refractivity contribution in [2.24, 2.45) is 0 Å². The SMILES string of the molecule is C[C@@H](OC(C)(C)C)[C@H]1COC(=O)N1c1nc(Cl)nc2ccsc12. The van der Waals surface area contributed by atoms with Crippen molar-refractivity contribution in [3.63, 3.8) is 0 Å². The highest BCUT2D eigenvalue weighted by Gasteiger charge is 2.41. The van der Waals surface area contributed by atoms with Gasteiger partial charge in [0.2, 0.25) is 5.28 Å². The Bertz CT molecular complexity index is 743. The quantitative estimate of drug-likeness (QED) is 0.782. The Morgan fingerprint density at radius 1 is 1.48 bits per heavy atom. The molecule has 2 atom stereocenters. The maximum absolute atomic E-state index is 12.3. The first-order valence-corrected chi connectivity index (χ1v) is 8.56. The van der Waals surface area contributed by atoms with Crippen LogP contribution in [0.5, 0.6) is 0 Å². The van der Waals surface area contributed by atoms with Gasteiger partial charge >= 0.3 is 6.09 Å². The van der Waals surface area contributed by atoms with Gasteiger partial charge in [0.05, 0.1) is 21.9 Å². The molecule has 3 heterocycles. The molecule has 3 rings (SSSR count). The van der Waals surface area contributed by atoms with Crippen LogP contribution in [-0.2, 0) is 9.47 Å². The van der Waals surface area contributed by atoms with Crippen LogP contribution in [0.4, 0.5) is 10.6 Å². The van der Waals surface area contributed by atoms with E-state index in [1.54, 1.807) is 0 Å². The van der Waals surface area contributed by atoms with E-state index >= 15 is 0 Å². The average molecular weight is 356 g/mol. The maximum Gasteiger partial charge on any atom is 0.416 e. The van der Waals surface area contributed by atoms with Gasteiger partial charge in [-0.2, -0.15) is 4.98 Å². The number of amides is 1. The van der Waals surface area contributed by atoms with Gasteiger partial charge in [-0.15, -0.1) is 11.3 Å². The fourth-order valence-corrected chi connectivity index (χ4v) is 3.63. The van der Waals surface area contributed by atoms with Crippen molar-refractivity contribution in [1.82, 2.24) is 9.97 Å². The van der Waals surface area contributed by atoms with Crippen LogP contribution in [0.1, 0.15) is 27.7 Å². The smallest absolute Gasteiger partial charge is 0.416 e. The number of fused-ring (bicyclic) bond motifs is 1. The van der Waals surface area contributed by atoms with Crippen LogP contribution in [-0.4, -0.2) is 40.4 Å². The second-order valence-corrected chi connectivity index (χ2v) is 7.65. The third-order valence-electron chi connectivity index (χ3n) is 3.47. The fourth-order valence-electron chi connectivity index (χ4n) is 2.65. The number of carbonyl (C=O) groups is 1. The van der Waals surface area contributed by atoms with Crippen molar-refractivity contribution in [2.75, 3.05) is 11.5 Å². The monoisotopic (exact) mass is 355 g/mol. The summed E-state index contributed by atoms with van der Waals surface area (Å²) in [6.07, 6.45) is -0.658. The predicted molar refractivity (Wildman–Crippen MR) is 90.3 cm³/mol. The summed E-state index contributed by atoms with van der Waals surface area (Å²) < 4.78 is 12.0. The Hall–Kier alpha value is -1.44. The molecule has 23 heavy (non-hydrogen) atoms. The van der Waals surface area contributed by atoms with Crippen LogP contribution in [0.25, 0.3) is 10.2 Å². The molecule has 1 aliphatic rings. The molecule has 8 heteroatoms. The minimum absolute atomic E-state index is 0.105. The summed E-state index contributed by atoms with van der Waals surface area (Å²) >= 11 is 7.48. The number of ether oxygens (including phenoxy) is 2. The lowest BCUT2D eigenvalue weighted by molar-refractivity contribution is -0.0618. The van der Waals surface area contributed by atoms with Gasteiger partial charge in [-0.25, -0.2) is 9.78 Å². The third-order valence-corrected chi connectivity index (χ3v) is 4.54. The predicted octanol–water partition coefficient (Wildman–Crippen LogP) is 3.87. The second-order valence-electron chi connectivity index (χ2n) is 6.40. The van der Waals surface area contributed by atoms with Crippen molar-refractivity contribution >= 4 is 45.1 Å². The van der Waals surface area contributed by atoms with Crippen LogP contribution >= 0.6 is 22.9 Å². The molecule has 0 unspecified atom stereocenters. The van der Waals surface area contributed by atoms with Crippen LogP contribution in [0.3, 0.4) is 0 Å². The number of hydrogen-bond donors (Lipinski definition) is 0. The molecule has 2 aromatic rings. The number of anilines is 1. The largest absolute Gasteiger partial charge is 0.447 e. The number of carbonyl (C=O) groups excluding carboxylic acids is 1. The van der Waals surface area contributed by atoms with E-state index in [4.69, 9.17) is 21.1 Å². The van der Waals surface area contributed by atoms with E-state index in [1.165, 1.54) is 16.2 Å². The van der Waals surface area contributed by atoms with E-state index in [0.717, 1.165) is 4.70 Å². The van der Waals surface area contributed by atoms with Crippen LogP contribution in [0.15, 0.2) is 11.4 Å². The zero-order valence-corrected chi connectivity index (χ0v) is 14.9. The number of halogens is 1. The molecule has 6 nitrogen and oxygen atoms in total. The van der Waals surface area contributed by atoms with Crippen molar-refractivity contribution in [1.29, 1.82) is 0 Å². The zero-order valence-electron chi connectivity index (χ0n) is 13.4. The van der Waals surface area contributed by atoms with Gasteiger partial charge in [0.1, 0.15) is 12.6 Å². The normalized spacial score (nSPS) is 20.1. The molecule has 0 N–H and O–H groups in total. The number of rotatable bonds is 3. The van der Waals surface area contributed by atoms with E-state index in [2.05, 4.69) is 9.97 Å². The van der Waals surface area contributed by atoms with Gasteiger partial charge in [0.15, 0.2) is 5.82 Å². The molecule has 0 bridgehead atoms. The van der Waals surface area contributed by atoms with Gasteiger partial charge in [-0.1, -0.05) is 0 Å². The van der Waals surface area contributed by atoms with Crippen molar-refractivity contribution in [2.45, 2.75) is 45.4 Å². The molecule has 1 fully saturated rings. The third kappa shape index (κ3) is 3.27. The lowest BCUT2D eigenvalue weighted by Crippen LogP contribution is -2.45. The Balaban J connectivity index is 2.01. The minimum Gasteiger partial charge on any atom is -0.447 e. The molecule has 1 amide bonds. The molecule has 0 radical (unpaired) electrons. The molecule has 1 aliphatic heterocycles. The Morgan fingerprint density at radius 3 is 2.91 bits per heavy atom. The Morgan fingerprint density at radius 2 is 2.22 bits per heavy atom. The summed E-state index contributed by atoms with van der Waals surface area (Å²) in [5.74, 6) is 0.479. The standard InChI is InChI=1S/C15H18ClN3O3S/c1-8(22-15(2,3)4)10-7-21-14(20)19(10)12-11-9(5-6-23-11)17-13(16)18-12/h5-6,8,10H,7H2,1-4H3/t8-,10-/m1/s1. The van der Waals surface area contributed by atoms with E-state index < -0.39 is 6.09 Å². The molecule has 0 aliphatic carbocycles. The fraction of sp³-hybridized carbons (Fsp3) is 0.533. The molecule has 0 spiro atoms. The van der Waals surface area contributed by atoms with E-state index in [9.17, 15) is 4.79 Å². The van der Waals surface area contributed by atoms with Crippen LogP contribution in [0, 0.1) is 0 Å². The van der Waals surface area contributed by atoms with Gasteiger partial charge in [-0.3, -0.25) is 4.90 Å². The molecule has 1 saturated heterocycles. The summed E-state index contributed by atoms with van der Waals surface area (Å²) in [6.45, 7) is 8.11. The van der Waals surface area contributed by atoms with Gasteiger partial charge < -0.3 is 9.47 Å². The molecule has 2 aromatic heterocycles. The highest BCUT2D eigenvalue weighted by molar-refractivity contribution is 7.17.